The van der Waals surface area contributed by atoms with Crippen molar-refractivity contribution in [1.82, 2.24) is 0 Å². The van der Waals surface area contributed by atoms with Crippen LogP contribution in [0.15, 0.2) is 66.7 Å². The fourth-order valence-electron chi connectivity index (χ4n) is 1.57. The van der Waals surface area contributed by atoms with Gasteiger partial charge in [0.25, 0.3) is 0 Å². The van der Waals surface area contributed by atoms with Crippen LogP contribution in [-0.4, -0.2) is 0 Å². The fraction of sp³-hybridized carbons (Fsp3) is 0.0667. The van der Waals surface area contributed by atoms with Crippen molar-refractivity contribution in [2.24, 2.45) is 5.73 Å². The van der Waals surface area contributed by atoms with E-state index in [-0.39, 0.29) is 6.04 Å². The van der Waals surface area contributed by atoms with Crippen LogP contribution in [-0.2, 0) is 0 Å². The van der Waals surface area contributed by atoms with E-state index in [1.54, 1.807) is 0 Å². The summed E-state index contributed by atoms with van der Waals surface area (Å²) in [4.78, 5) is 0. The summed E-state index contributed by atoms with van der Waals surface area (Å²) in [6, 6.07) is 20.2. The highest BCUT2D eigenvalue weighted by molar-refractivity contribution is 5.50. The second-order valence-corrected chi connectivity index (χ2v) is 3.71. The second kappa shape index (κ2) is 5.29. The molecule has 0 aromatic heterocycles. The van der Waals surface area contributed by atoms with Crippen LogP contribution in [0.4, 0.5) is 0 Å². The third-order valence-corrected chi connectivity index (χ3v) is 2.48. The molecule has 0 fully saturated rings. The standard InChI is InChI=1S/C15H15N/c16-15(14-9-5-2-6-10-14)12-11-13-7-3-1-4-8-13/h1-12,15H,16H2. The Balaban J connectivity index is 2.08. The van der Waals surface area contributed by atoms with Crippen LogP contribution in [0.1, 0.15) is 17.2 Å². The molecular formula is C15H15N. The first-order valence-electron chi connectivity index (χ1n) is 5.40. The van der Waals surface area contributed by atoms with E-state index in [1.807, 2.05) is 54.6 Å². The Bertz CT molecular complexity index is 445. The Kier molecular flexibility index (Phi) is 3.52. The van der Waals surface area contributed by atoms with Crippen LogP contribution < -0.4 is 5.73 Å². The Morgan fingerprint density at radius 1 is 0.812 bits per heavy atom. The van der Waals surface area contributed by atoms with E-state index in [1.165, 1.54) is 5.56 Å². The zero-order valence-electron chi connectivity index (χ0n) is 9.08. The minimum absolute atomic E-state index is 0.0404. The van der Waals surface area contributed by atoms with E-state index < -0.39 is 0 Å². The highest BCUT2D eigenvalue weighted by Crippen LogP contribution is 2.12. The molecule has 0 aliphatic heterocycles. The first-order valence-corrected chi connectivity index (χ1v) is 5.40. The van der Waals surface area contributed by atoms with Crippen molar-refractivity contribution >= 4 is 6.08 Å². The van der Waals surface area contributed by atoms with Crippen LogP contribution >= 0.6 is 0 Å². The van der Waals surface area contributed by atoms with Crippen molar-refractivity contribution in [1.29, 1.82) is 0 Å². The van der Waals surface area contributed by atoms with E-state index in [0.717, 1.165) is 5.56 Å². The summed E-state index contributed by atoms with van der Waals surface area (Å²) < 4.78 is 0. The lowest BCUT2D eigenvalue weighted by molar-refractivity contribution is 0.916. The number of rotatable bonds is 3. The zero-order valence-corrected chi connectivity index (χ0v) is 9.08. The quantitative estimate of drug-likeness (QED) is 0.823. The summed E-state index contributed by atoms with van der Waals surface area (Å²) >= 11 is 0. The number of hydrogen-bond acceptors (Lipinski definition) is 1. The van der Waals surface area contributed by atoms with E-state index in [0.29, 0.717) is 0 Å². The first kappa shape index (κ1) is 10.7. The van der Waals surface area contributed by atoms with Gasteiger partial charge in [-0.15, -0.1) is 0 Å². The third kappa shape index (κ3) is 2.81. The predicted octanol–water partition coefficient (Wildman–Crippen LogP) is 3.40. The number of nitrogens with two attached hydrogens (primary N) is 1. The Labute approximate surface area is 96.2 Å². The predicted molar refractivity (Wildman–Crippen MR) is 68.8 cm³/mol. The molecule has 1 heteroatoms. The van der Waals surface area contributed by atoms with Crippen LogP contribution in [0, 0.1) is 0 Å². The van der Waals surface area contributed by atoms with Gasteiger partial charge in [0, 0.05) is 6.04 Å². The second-order valence-electron chi connectivity index (χ2n) is 3.71. The summed E-state index contributed by atoms with van der Waals surface area (Å²) in [6.45, 7) is 0. The van der Waals surface area contributed by atoms with Crippen molar-refractivity contribution in [2.45, 2.75) is 6.04 Å². The van der Waals surface area contributed by atoms with Gasteiger partial charge in [0.15, 0.2) is 0 Å². The molecule has 0 radical (unpaired) electrons. The molecule has 0 spiro atoms. The van der Waals surface area contributed by atoms with Crippen LogP contribution in [0.2, 0.25) is 0 Å². The molecule has 2 aromatic carbocycles. The normalized spacial score (nSPS) is 12.8. The molecule has 0 saturated heterocycles. The summed E-state index contributed by atoms with van der Waals surface area (Å²) in [5.74, 6) is 0. The highest BCUT2D eigenvalue weighted by Gasteiger charge is 1.99. The molecule has 16 heavy (non-hydrogen) atoms. The maximum absolute atomic E-state index is 6.06. The van der Waals surface area contributed by atoms with Crippen LogP contribution in [0.3, 0.4) is 0 Å². The molecule has 80 valence electrons. The molecule has 1 nitrogen and oxygen atoms in total. The molecule has 0 aliphatic rings. The molecular weight excluding hydrogens is 194 g/mol. The van der Waals surface area contributed by atoms with Crippen LogP contribution in [0.25, 0.3) is 6.08 Å². The van der Waals surface area contributed by atoms with E-state index >= 15 is 0 Å². The molecule has 0 aliphatic carbocycles. The topological polar surface area (TPSA) is 26.0 Å². The van der Waals surface area contributed by atoms with E-state index in [9.17, 15) is 0 Å². The molecule has 1 unspecified atom stereocenters. The van der Waals surface area contributed by atoms with Crippen LogP contribution in [0.5, 0.6) is 0 Å². The maximum Gasteiger partial charge on any atom is 0.0484 e. The van der Waals surface area contributed by atoms with Gasteiger partial charge in [-0.25, -0.2) is 0 Å². The SMILES string of the molecule is NC(C=Cc1ccccc1)c1ccccc1. The number of hydrogen-bond donors (Lipinski definition) is 1. The molecule has 2 rings (SSSR count). The monoisotopic (exact) mass is 209 g/mol. The smallest absolute Gasteiger partial charge is 0.0484 e. The molecule has 0 heterocycles. The summed E-state index contributed by atoms with van der Waals surface area (Å²) in [7, 11) is 0. The van der Waals surface area contributed by atoms with Gasteiger partial charge in [-0.05, 0) is 11.1 Å². The lowest BCUT2D eigenvalue weighted by Gasteiger charge is -2.05. The molecule has 2 N–H and O–H groups in total. The lowest BCUT2D eigenvalue weighted by Crippen LogP contribution is -2.06. The maximum atomic E-state index is 6.06. The van der Waals surface area contributed by atoms with Gasteiger partial charge in [-0.2, -0.15) is 0 Å². The number of benzene rings is 2. The molecule has 0 bridgehead atoms. The minimum Gasteiger partial charge on any atom is -0.321 e. The molecule has 0 saturated carbocycles. The van der Waals surface area contributed by atoms with Gasteiger partial charge >= 0.3 is 0 Å². The summed E-state index contributed by atoms with van der Waals surface area (Å²) in [5.41, 5.74) is 8.36. The highest BCUT2D eigenvalue weighted by atomic mass is 14.6. The molecule has 2 aromatic rings. The average Bonchev–Trinajstić information content (AvgIpc) is 2.38. The fourth-order valence-corrected chi connectivity index (χ4v) is 1.57. The van der Waals surface area contributed by atoms with Gasteiger partial charge in [0.05, 0.1) is 0 Å². The molecule has 0 amide bonds. The van der Waals surface area contributed by atoms with Crippen molar-refractivity contribution in [2.75, 3.05) is 0 Å². The average molecular weight is 209 g/mol. The van der Waals surface area contributed by atoms with Crippen molar-refractivity contribution < 1.29 is 0 Å². The van der Waals surface area contributed by atoms with E-state index in [4.69, 9.17) is 5.73 Å². The lowest BCUT2D eigenvalue weighted by atomic mass is 10.1. The minimum atomic E-state index is -0.0404. The summed E-state index contributed by atoms with van der Waals surface area (Å²) in [5, 5.41) is 0. The Morgan fingerprint density at radius 3 is 2.00 bits per heavy atom. The van der Waals surface area contributed by atoms with Crippen molar-refractivity contribution in [3.63, 3.8) is 0 Å². The van der Waals surface area contributed by atoms with Gasteiger partial charge < -0.3 is 5.73 Å². The van der Waals surface area contributed by atoms with Crippen molar-refractivity contribution in [3.05, 3.63) is 77.9 Å². The largest absolute Gasteiger partial charge is 0.321 e. The Hall–Kier alpha value is -1.86. The molecule has 1 atom stereocenters. The van der Waals surface area contributed by atoms with Gasteiger partial charge in [0.2, 0.25) is 0 Å². The third-order valence-electron chi connectivity index (χ3n) is 2.48. The van der Waals surface area contributed by atoms with Gasteiger partial charge in [0.1, 0.15) is 0 Å². The van der Waals surface area contributed by atoms with Crippen molar-refractivity contribution in [3.8, 4) is 0 Å². The van der Waals surface area contributed by atoms with Gasteiger partial charge in [-0.1, -0.05) is 72.8 Å². The first-order chi connectivity index (χ1) is 7.86. The Morgan fingerprint density at radius 2 is 1.38 bits per heavy atom. The summed E-state index contributed by atoms with van der Waals surface area (Å²) in [6.07, 6.45) is 4.07. The van der Waals surface area contributed by atoms with Gasteiger partial charge in [-0.3, -0.25) is 0 Å². The van der Waals surface area contributed by atoms with E-state index in [2.05, 4.69) is 18.2 Å². The zero-order chi connectivity index (χ0) is 11.2.